The van der Waals surface area contributed by atoms with Crippen LogP contribution in [0.1, 0.15) is 16.1 Å². The number of carbonyl (C=O) groups excluding carboxylic acids is 2. The first-order valence-corrected chi connectivity index (χ1v) is 11.4. The van der Waals surface area contributed by atoms with Gasteiger partial charge in [0.25, 0.3) is 11.6 Å². The molecule has 4 rings (SSSR count). The van der Waals surface area contributed by atoms with E-state index in [2.05, 4.69) is 15.6 Å². The summed E-state index contributed by atoms with van der Waals surface area (Å²) in [6.07, 6.45) is 0. The number of amides is 2. The predicted molar refractivity (Wildman–Crippen MR) is 125 cm³/mol. The van der Waals surface area contributed by atoms with Gasteiger partial charge < -0.3 is 10.2 Å². The Bertz CT molecular complexity index is 1140. The van der Waals surface area contributed by atoms with Crippen molar-refractivity contribution in [3.8, 4) is 10.6 Å². The zero-order valence-corrected chi connectivity index (χ0v) is 18.7. The fraction of sp³-hybridized carbons (Fsp3) is 0.261. The summed E-state index contributed by atoms with van der Waals surface area (Å²) in [7, 11) is 0. The van der Waals surface area contributed by atoms with Crippen LogP contribution in [0, 0.1) is 10.1 Å². The number of aromatic nitrogens is 1. The Hall–Kier alpha value is -3.63. The topological polar surface area (TPSA) is 109 Å². The highest BCUT2D eigenvalue weighted by atomic mass is 32.1. The Kier molecular flexibility index (Phi) is 7.06. The molecule has 2 heterocycles. The molecule has 9 nitrogen and oxygen atoms in total. The molecule has 33 heavy (non-hydrogen) atoms. The Morgan fingerprint density at radius 1 is 1.06 bits per heavy atom. The number of carbonyl (C=O) groups is 2. The highest BCUT2D eigenvalue weighted by molar-refractivity contribution is 7.13. The summed E-state index contributed by atoms with van der Waals surface area (Å²) < 4.78 is 0. The largest absolute Gasteiger partial charge is 0.343 e. The van der Waals surface area contributed by atoms with E-state index in [4.69, 9.17) is 4.98 Å². The number of piperazine rings is 1. The van der Waals surface area contributed by atoms with E-state index in [9.17, 15) is 19.7 Å². The van der Waals surface area contributed by atoms with Crippen molar-refractivity contribution >= 4 is 28.8 Å². The molecule has 0 bridgehead atoms. The fourth-order valence-electron chi connectivity index (χ4n) is 3.61. The molecule has 2 amide bonds. The zero-order chi connectivity index (χ0) is 23.2. The average molecular weight is 466 g/mol. The van der Waals surface area contributed by atoms with Crippen LogP contribution < -0.4 is 5.32 Å². The number of benzene rings is 2. The van der Waals surface area contributed by atoms with E-state index in [1.54, 1.807) is 16.2 Å². The monoisotopic (exact) mass is 465 g/mol. The molecule has 1 N–H and O–H groups in total. The number of nitrogens with one attached hydrogen (secondary N) is 1. The fourth-order valence-corrected chi connectivity index (χ4v) is 4.42. The second-order valence-corrected chi connectivity index (χ2v) is 8.52. The molecule has 0 aliphatic carbocycles. The van der Waals surface area contributed by atoms with Crippen LogP contribution in [0.3, 0.4) is 0 Å². The smallest absolute Gasteiger partial charge is 0.270 e. The van der Waals surface area contributed by atoms with E-state index < -0.39 is 10.8 Å². The van der Waals surface area contributed by atoms with E-state index in [0.717, 1.165) is 35.9 Å². The molecule has 3 aromatic rings. The molecule has 1 aromatic heterocycles. The minimum Gasteiger partial charge on any atom is -0.343 e. The van der Waals surface area contributed by atoms with E-state index in [1.807, 2.05) is 30.3 Å². The first kappa shape index (κ1) is 22.6. The average Bonchev–Trinajstić information content (AvgIpc) is 3.32. The van der Waals surface area contributed by atoms with Crippen molar-refractivity contribution in [1.29, 1.82) is 0 Å². The Labute approximate surface area is 194 Å². The van der Waals surface area contributed by atoms with E-state index in [-0.39, 0.29) is 23.7 Å². The van der Waals surface area contributed by atoms with Gasteiger partial charge in [0.15, 0.2) is 0 Å². The van der Waals surface area contributed by atoms with Gasteiger partial charge in [0.05, 0.1) is 17.2 Å². The molecule has 10 heteroatoms. The van der Waals surface area contributed by atoms with Crippen LogP contribution in [-0.4, -0.2) is 64.2 Å². The van der Waals surface area contributed by atoms with Crippen molar-refractivity contribution in [1.82, 2.24) is 20.1 Å². The van der Waals surface area contributed by atoms with Crippen molar-refractivity contribution in [2.75, 3.05) is 32.7 Å². The van der Waals surface area contributed by atoms with Gasteiger partial charge in [0, 0.05) is 61.4 Å². The molecule has 1 aliphatic rings. The summed E-state index contributed by atoms with van der Waals surface area (Å²) in [5, 5.41) is 16.5. The second-order valence-electron chi connectivity index (χ2n) is 7.66. The standard InChI is InChI=1S/C23H23N5O4S/c29-21(14-24-22(30)18-7-4-8-20(13-18)28(31)32)27-11-9-26(10-12-27)15-19-16-33-23(25-19)17-5-2-1-3-6-17/h1-8,13,16H,9-12,14-15H2,(H,24,30). The minimum atomic E-state index is -0.560. The Morgan fingerprint density at radius 3 is 2.55 bits per heavy atom. The summed E-state index contributed by atoms with van der Waals surface area (Å²) >= 11 is 1.63. The lowest BCUT2D eigenvalue weighted by molar-refractivity contribution is -0.384. The summed E-state index contributed by atoms with van der Waals surface area (Å²) in [5.74, 6) is -0.683. The third-order valence-corrected chi connectivity index (χ3v) is 6.34. The van der Waals surface area contributed by atoms with E-state index in [1.165, 1.54) is 24.3 Å². The number of nitro benzene ring substituents is 1. The second kappa shape index (κ2) is 10.3. The number of nitrogens with zero attached hydrogens (tertiary/aromatic N) is 4. The number of non-ortho nitro benzene ring substituents is 1. The van der Waals surface area contributed by atoms with Crippen LogP contribution in [-0.2, 0) is 11.3 Å². The van der Waals surface area contributed by atoms with Crippen LogP contribution in [0.15, 0.2) is 60.0 Å². The third-order valence-electron chi connectivity index (χ3n) is 5.40. The van der Waals surface area contributed by atoms with Crippen LogP contribution >= 0.6 is 11.3 Å². The first-order valence-electron chi connectivity index (χ1n) is 10.5. The van der Waals surface area contributed by atoms with Gasteiger partial charge in [-0.1, -0.05) is 36.4 Å². The lowest BCUT2D eigenvalue weighted by Gasteiger charge is -2.34. The van der Waals surface area contributed by atoms with Gasteiger partial charge in [-0.25, -0.2) is 4.98 Å². The summed E-state index contributed by atoms with van der Waals surface area (Å²) in [5.41, 5.74) is 2.11. The van der Waals surface area contributed by atoms with Gasteiger partial charge in [-0.15, -0.1) is 11.3 Å². The molecule has 170 valence electrons. The van der Waals surface area contributed by atoms with Crippen LogP contribution in [0.2, 0.25) is 0 Å². The summed E-state index contributed by atoms with van der Waals surface area (Å²) in [6.45, 7) is 3.18. The van der Waals surface area contributed by atoms with Crippen molar-refractivity contribution in [2.24, 2.45) is 0 Å². The third kappa shape index (κ3) is 5.79. The van der Waals surface area contributed by atoms with Gasteiger partial charge in [0.2, 0.25) is 5.91 Å². The molecule has 0 radical (unpaired) electrons. The molecular weight excluding hydrogens is 442 g/mol. The molecule has 0 unspecified atom stereocenters. The molecular formula is C23H23N5O4S. The van der Waals surface area contributed by atoms with Crippen LogP contribution in [0.25, 0.3) is 10.6 Å². The highest BCUT2D eigenvalue weighted by Crippen LogP contribution is 2.24. The molecule has 1 aliphatic heterocycles. The summed E-state index contributed by atoms with van der Waals surface area (Å²) in [4.78, 5) is 43.8. The van der Waals surface area contributed by atoms with Crippen molar-refractivity contribution in [2.45, 2.75) is 6.54 Å². The minimum absolute atomic E-state index is 0.145. The predicted octanol–water partition coefficient (Wildman–Crippen LogP) is 2.79. The number of hydrogen-bond donors (Lipinski definition) is 1. The zero-order valence-electron chi connectivity index (χ0n) is 17.8. The maximum absolute atomic E-state index is 12.5. The number of rotatable bonds is 7. The normalized spacial score (nSPS) is 14.1. The molecule has 1 fully saturated rings. The SMILES string of the molecule is O=C(NCC(=O)N1CCN(Cc2csc(-c3ccccc3)n2)CC1)c1cccc([N+](=O)[O-])c1. The van der Waals surface area contributed by atoms with Gasteiger partial charge in [-0.3, -0.25) is 24.6 Å². The number of hydrogen-bond acceptors (Lipinski definition) is 7. The Balaban J connectivity index is 1.23. The van der Waals surface area contributed by atoms with Gasteiger partial charge >= 0.3 is 0 Å². The lowest BCUT2D eigenvalue weighted by Crippen LogP contribution is -2.50. The maximum Gasteiger partial charge on any atom is 0.270 e. The van der Waals surface area contributed by atoms with Crippen molar-refractivity contribution in [3.05, 3.63) is 81.3 Å². The molecule has 0 atom stereocenters. The molecule has 0 saturated carbocycles. The molecule has 1 saturated heterocycles. The van der Waals surface area contributed by atoms with Crippen molar-refractivity contribution in [3.63, 3.8) is 0 Å². The van der Waals surface area contributed by atoms with E-state index >= 15 is 0 Å². The van der Waals surface area contributed by atoms with Gasteiger partial charge in [-0.05, 0) is 6.07 Å². The van der Waals surface area contributed by atoms with Gasteiger partial charge in [0.1, 0.15) is 5.01 Å². The maximum atomic E-state index is 12.5. The van der Waals surface area contributed by atoms with Crippen LogP contribution in [0.4, 0.5) is 5.69 Å². The molecule has 2 aromatic carbocycles. The number of nitro groups is 1. The summed E-state index contributed by atoms with van der Waals surface area (Å²) in [6, 6.07) is 15.5. The van der Waals surface area contributed by atoms with E-state index in [0.29, 0.717) is 13.1 Å². The lowest BCUT2D eigenvalue weighted by atomic mass is 10.2. The Morgan fingerprint density at radius 2 is 1.82 bits per heavy atom. The van der Waals surface area contributed by atoms with Crippen LogP contribution in [0.5, 0.6) is 0 Å². The van der Waals surface area contributed by atoms with Gasteiger partial charge in [-0.2, -0.15) is 0 Å². The molecule has 0 spiro atoms. The van der Waals surface area contributed by atoms with Crippen molar-refractivity contribution < 1.29 is 14.5 Å². The number of thiazole rings is 1. The first-order chi connectivity index (χ1) is 16.0. The quantitative estimate of drug-likeness (QED) is 0.425. The highest BCUT2D eigenvalue weighted by Gasteiger charge is 2.22.